The summed E-state index contributed by atoms with van der Waals surface area (Å²) in [6, 6.07) is 8.69. The van der Waals surface area contributed by atoms with Gasteiger partial charge in [-0.3, -0.25) is 4.79 Å². The first-order chi connectivity index (χ1) is 14.7. The van der Waals surface area contributed by atoms with Gasteiger partial charge in [0.1, 0.15) is 17.2 Å². The highest BCUT2D eigenvalue weighted by molar-refractivity contribution is 7.89. The predicted octanol–water partition coefficient (Wildman–Crippen LogP) is 1.96. The molecular weight excluding hydrogens is 442 g/mol. The molecule has 0 bridgehead atoms. The van der Waals surface area contributed by atoms with E-state index >= 15 is 0 Å². The number of nitrogens with zero attached hydrogens (tertiary/aromatic N) is 3. The summed E-state index contributed by atoms with van der Waals surface area (Å²) in [4.78, 5) is 24.6. The van der Waals surface area contributed by atoms with Crippen LogP contribution in [0.2, 0.25) is 0 Å². The van der Waals surface area contributed by atoms with Crippen LogP contribution in [0, 0.1) is 0 Å². The van der Waals surface area contributed by atoms with Crippen molar-refractivity contribution >= 4 is 38.9 Å². The monoisotopic (exact) mass is 463 g/mol. The van der Waals surface area contributed by atoms with Gasteiger partial charge in [0.25, 0.3) is 5.91 Å². The Balaban J connectivity index is 1.61. The molecule has 0 spiro atoms. The third-order valence-corrected chi connectivity index (χ3v) is 6.65. The van der Waals surface area contributed by atoms with Crippen LogP contribution >= 0.6 is 11.3 Å². The molecule has 0 radical (unpaired) electrons. The lowest BCUT2D eigenvalue weighted by atomic mass is 10.1. The topological polar surface area (TPSA) is 132 Å². The number of aryl methyl sites for hydroxylation is 2. The first-order valence-corrected chi connectivity index (χ1v) is 11.5. The zero-order chi connectivity index (χ0) is 22.6. The van der Waals surface area contributed by atoms with E-state index in [2.05, 4.69) is 20.2 Å². The fourth-order valence-corrected chi connectivity index (χ4v) is 4.06. The molecule has 3 rings (SSSR count). The molecule has 3 aromatic rings. The van der Waals surface area contributed by atoms with Gasteiger partial charge in [0, 0.05) is 18.9 Å². The Morgan fingerprint density at radius 1 is 1.19 bits per heavy atom. The summed E-state index contributed by atoms with van der Waals surface area (Å²) < 4.78 is 32.5. The first-order valence-electron chi connectivity index (χ1n) is 9.23. The maximum Gasteiger partial charge on any atom is 0.355 e. The van der Waals surface area contributed by atoms with Gasteiger partial charge in [-0.1, -0.05) is 30.4 Å². The summed E-state index contributed by atoms with van der Waals surface area (Å²) in [7, 11) is -0.865. The zero-order valence-corrected chi connectivity index (χ0v) is 18.7. The van der Waals surface area contributed by atoms with Crippen molar-refractivity contribution in [1.29, 1.82) is 0 Å². The van der Waals surface area contributed by atoms with Gasteiger partial charge in [0.15, 0.2) is 5.01 Å². The number of aromatic nitrogens is 3. The lowest BCUT2D eigenvalue weighted by Crippen LogP contribution is -2.17. The fourth-order valence-electron chi connectivity index (χ4n) is 2.62. The highest BCUT2D eigenvalue weighted by Crippen LogP contribution is 2.17. The molecule has 1 amide bonds. The Morgan fingerprint density at radius 2 is 1.90 bits per heavy atom. The average molecular weight is 464 g/mol. The van der Waals surface area contributed by atoms with Crippen molar-refractivity contribution in [2.24, 2.45) is 7.05 Å². The molecule has 0 saturated heterocycles. The second-order valence-electron chi connectivity index (χ2n) is 6.46. The molecule has 0 unspecified atom stereocenters. The van der Waals surface area contributed by atoms with E-state index in [0.29, 0.717) is 10.7 Å². The molecule has 0 saturated carbocycles. The highest BCUT2D eigenvalue weighted by Gasteiger charge is 2.21. The Hall–Kier alpha value is -3.09. The second-order valence-corrected chi connectivity index (χ2v) is 9.41. The summed E-state index contributed by atoms with van der Waals surface area (Å²) in [5.74, 6) is -1.14. The van der Waals surface area contributed by atoms with Gasteiger partial charge >= 0.3 is 5.97 Å². The number of hydrogen-bond acceptors (Lipinski definition) is 8. The van der Waals surface area contributed by atoms with Crippen LogP contribution in [0.1, 0.15) is 37.8 Å². The van der Waals surface area contributed by atoms with E-state index in [1.54, 1.807) is 0 Å². The fraction of sp³-hybridized carbons (Fsp3) is 0.263. The van der Waals surface area contributed by atoms with Crippen LogP contribution in [0.3, 0.4) is 0 Å². The molecule has 10 nitrogen and oxygen atoms in total. The highest BCUT2D eigenvalue weighted by atomic mass is 32.2. The van der Waals surface area contributed by atoms with Crippen molar-refractivity contribution in [2.45, 2.75) is 24.8 Å². The summed E-state index contributed by atoms with van der Waals surface area (Å²) in [5, 5.41) is 10.9. The minimum atomic E-state index is -3.68. The molecule has 0 fully saturated rings. The number of esters is 1. The molecule has 31 heavy (non-hydrogen) atoms. The summed E-state index contributed by atoms with van der Waals surface area (Å²) in [6.45, 7) is 1.85. The summed E-state index contributed by atoms with van der Waals surface area (Å²) >= 11 is 0.998. The minimum Gasteiger partial charge on any atom is -0.454 e. The van der Waals surface area contributed by atoms with Crippen molar-refractivity contribution in [1.82, 2.24) is 19.5 Å². The maximum absolute atomic E-state index is 12.3. The summed E-state index contributed by atoms with van der Waals surface area (Å²) in [6.07, 6.45) is 2.21. The maximum atomic E-state index is 12.3. The van der Waals surface area contributed by atoms with E-state index in [1.807, 2.05) is 31.2 Å². The number of sulfonamides is 1. The van der Waals surface area contributed by atoms with E-state index in [0.717, 1.165) is 23.3 Å². The third kappa shape index (κ3) is 5.34. The van der Waals surface area contributed by atoms with Gasteiger partial charge in [0.05, 0.1) is 0 Å². The molecule has 0 atom stereocenters. The number of benzene rings is 1. The van der Waals surface area contributed by atoms with E-state index < -0.39 is 21.9 Å². The molecule has 2 aromatic heterocycles. The van der Waals surface area contributed by atoms with Gasteiger partial charge in [0.2, 0.25) is 15.0 Å². The molecule has 164 valence electrons. The number of rotatable bonds is 8. The van der Waals surface area contributed by atoms with Crippen molar-refractivity contribution < 1.29 is 22.7 Å². The van der Waals surface area contributed by atoms with Crippen LogP contribution in [0.5, 0.6) is 0 Å². The lowest BCUT2D eigenvalue weighted by Gasteiger charge is -2.03. The number of amides is 1. The number of carbonyl (C=O) groups is 2. The normalized spacial score (nSPS) is 11.3. The second kappa shape index (κ2) is 9.37. The number of carbonyl (C=O) groups excluding carboxylic acids is 2. The van der Waals surface area contributed by atoms with Crippen LogP contribution in [0.4, 0.5) is 5.69 Å². The van der Waals surface area contributed by atoms with Gasteiger partial charge in [-0.2, -0.15) is 0 Å². The lowest BCUT2D eigenvalue weighted by molar-refractivity contribution is 0.0460. The van der Waals surface area contributed by atoms with Crippen LogP contribution in [-0.4, -0.2) is 42.1 Å². The van der Waals surface area contributed by atoms with Gasteiger partial charge < -0.3 is 14.6 Å². The Morgan fingerprint density at radius 3 is 2.55 bits per heavy atom. The molecular formula is C19H21N5O5S2. The van der Waals surface area contributed by atoms with Crippen LogP contribution in [0.25, 0.3) is 0 Å². The number of hydrogen-bond donors (Lipinski definition) is 2. The Bertz CT molecular complexity index is 1200. The van der Waals surface area contributed by atoms with Gasteiger partial charge in [-0.15, -0.1) is 10.2 Å². The van der Waals surface area contributed by atoms with E-state index in [1.165, 1.54) is 30.9 Å². The van der Waals surface area contributed by atoms with Crippen molar-refractivity contribution in [2.75, 3.05) is 12.4 Å². The number of nitrogens with one attached hydrogen (secondary N) is 2. The largest absolute Gasteiger partial charge is 0.454 e. The van der Waals surface area contributed by atoms with Crippen molar-refractivity contribution in [3.05, 3.63) is 57.8 Å². The standard InChI is InChI=1S/C19H21N5O5S2/c1-4-12-5-7-13(8-6-12)21-17(25)18-23-22-16(30-18)11-29-19(26)15-9-14(10-24(15)3)31(27,28)20-2/h5-10,20H,4,11H2,1-3H3,(H,21,25). The van der Waals surface area contributed by atoms with Crippen LogP contribution in [0.15, 0.2) is 41.4 Å². The quantitative estimate of drug-likeness (QED) is 0.488. The van der Waals surface area contributed by atoms with Crippen LogP contribution < -0.4 is 10.0 Å². The minimum absolute atomic E-state index is 0.0497. The first kappa shape index (κ1) is 22.6. The molecule has 1 aromatic carbocycles. The Labute approximate surface area is 183 Å². The molecule has 0 aliphatic rings. The molecule has 12 heteroatoms. The van der Waals surface area contributed by atoms with Gasteiger partial charge in [-0.05, 0) is 37.2 Å². The molecule has 2 heterocycles. The number of ether oxygens (including phenoxy) is 1. The number of anilines is 1. The van der Waals surface area contributed by atoms with E-state index in [9.17, 15) is 18.0 Å². The smallest absolute Gasteiger partial charge is 0.355 e. The van der Waals surface area contributed by atoms with Gasteiger partial charge in [-0.25, -0.2) is 17.9 Å². The summed E-state index contributed by atoms with van der Waals surface area (Å²) in [5.41, 5.74) is 1.86. The molecule has 2 N–H and O–H groups in total. The van der Waals surface area contributed by atoms with Crippen LogP contribution in [-0.2, 0) is 34.8 Å². The Kier molecular flexibility index (Phi) is 6.83. The predicted molar refractivity (Wildman–Crippen MR) is 114 cm³/mol. The van der Waals surface area contributed by atoms with E-state index in [-0.39, 0.29) is 22.2 Å². The zero-order valence-electron chi connectivity index (χ0n) is 17.1. The average Bonchev–Trinajstić information content (AvgIpc) is 3.40. The SMILES string of the molecule is CCc1ccc(NC(=O)c2nnc(COC(=O)c3cc(S(=O)(=O)NC)cn3C)s2)cc1. The van der Waals surface area contributed by atoms with Crippen molar-refractivity contribution in [3.63, 3.8) is 0 Å². The van der Waals surface area contributed by atoms with E-state index in [4.69, 9.17) is 4.74 Å². The molecule has 0 aliphatic heterocycles. The third-order valence-electron chi connectivity index (χ3n) is 4.38. The molecule has 0 aliphatic carbocycles. The van der Waals surface area contributed by atoms with Crippen molar-refractivity contribution in [3.8, 4) is 0 Å².